The molecule has 1 aromatic rings. The van der Waals surface area contributed by atoms with Crippen LogP contribution in [0.4, 0.5) is 18.9 Å². The van der Waals surface area contributed by atoms with Crippen molar-refractivity contribution in [1.29, 1.82) is 0 Å². The van der Waals surface area contributed by atoms with E-state index in [1.807, 2.05) is 0 Å². The smallest absolute Gasteiger partial charge is 0.313 e. The van der Waals surface area contributed by atoms with E-state index >= 15 is 0 Å². The van der Waals surface area contributed by atoms with E-state index in [1.54, 1.807) is 0 Å². The number of halogens is 3. The van der Waals surface area contributed by atoms with Crippen LogP contribution in [0.5, 0.6) is 0 Å². The SMILES string of the molecule is CC(CNC1CC1)S(=O)(=O)Nc1cccc(C(F)(F)F)c1. The van der Waals surface area contributed by atoms with Crippen molar-refractivity contribution < 1.29 is 21.6 Å². The quantitative estimate of drug-likeness (QED) is 0.846. The summed E-state index contributed by atoms with van der Waals surface area (Å²) in [4.78, 5) is 0. The Hall–Kier alpha value is -1.28. The van der Waals surface area contributed by atoms with Crippen molar-refractivity contribution in [3.63, 3.8) is 0 Å². The minimum atomic E-state index is -4.50. The van der Waals surface area contributed by atoms with Gasteiger partial charge < -0.3 is 5.32 Å². The molecule has 21 heavy (non-hydrogen) atoms. The summed E-state index contributed by atoms with van der Waals surface area (Å²) in [6.45, 7) is 1.80. The lowest BCUT2D eigenvalue weighted by Crippen LogP contribution is -2.35. The second kappa shape index (κ2) is 5.84. The molecule has 2 rings (SSSR count). The first kappa shape index (κ1) is 16.1. The number of hydrogen-bond acceptors (Lipinski definition) is 3. The molecule has 1 aliphatic carbocycles. The second-order valence-electron chi connectivity index (χ2n) is 5.22. The fourth-order valence-corrected chi connectivity index (χ4v) is 2.73. The van der Waals surface area contributed by atoms with Gasteiger partial charge in [0.2, 0.25) is 10.0 Å². The Balaban J connectivity index is 2.05. The van der Waals surface area contributed by atoms with Gasteiger partial charge in [-0.3, -0.25) is 4.72 Å². The van der Waals surface area contributed by atoms with Crippen LogP contribution in [-0.2, 0) is 16.2 Å². The summed E-state index contributed by atoms with van der Waals surface area (Å²) in [7, 11) is -3.72. The molecule has 4 nitrogen and oxygen atoms in total. The highest BCUT2D eigenvalue weighted by atomic mass is 32.2. The Kier molecular flexibility index (Phi) is 4.48. The largest absolute Gasteiger partial charge is 0.416 e. The molecular formula is C13H17F3N2O2S. The normalized spacial score (nSPS) is 17.5. The van der Waals surface area contributed by atoms with Crippen LogP contribution in [0.15, 0.2) is 24.3 Å². The molecule has 1 aliphatic rings. The van der Waals surface area contributed by atoms with E-state index in [4.69, 9.17) is 0 Å². The van der Waals surface area contributed by atoms with Crippen LogP contribution < -0.4 is 10.0 Å². The van der Waals surface area contributed by atoms with Crippen molar-refractivity contribution in [2.75, 3.05) is 11.3 Å². The minimum absolute atomic E-state index is 0.0805. The molecule has 0 spiro atoms. The molecule has 1 saturated carbocycles. The maximum atomic E-state index is 12.6. The maximum Gasteiger partial charge on any atom is 0.416 e. The Morgan fingerprint density at radius 1 is 1.33 bits per heavy atom. The topological polar surface area (TPSA) is 58.2 Å². The van der Waals surface area contributed by atoms with Crippen LogP contribution in [0, 0.1) is 0 Å². The van der Waals surface area contributed by atoms with Crippen LogP contribution >= 0.6 is 0 Å². The Bertz CT molecular complexity index is 598. The van der Waals surface area contributed by atoms with Crippen molar-refractivity contribution in [1.82, 2.24) is 5.32 Å². The number of alkyl halides is 3. The molecule has 0 amide bonds. The van der Waals surface area contributed by atoms with Gasteiger partial charge in [-0.1, -0.05) is 6.07 Å². The Morgan fingerprint density at radius 2 is 2.00 bits per heavy atom. The number of sulfonamides is 1. The van der Waals surface area contributed by atoms with Gasteiger partial charge in [-0.05, 0) is 38.0 Å². The van der Waals surface area contributed by atoms with E-state index in [2.05, 4.69) is 10.0 Å². The number of nitrogens with one attached hydrogen (secondary N) is 2. The molecule has 0 saturated heterocycles. The molecule has 118 valence electrons. The molecule has 1 atom stereocenters. The summed E-state index contributed by atoms with van der Waals surface area (Å²) in [5.41, 5.74) is -0.963. The third kappa shape index (κ3) is 4.60. The Labute approximate surface area is 121 Å². The zero-order chi connectivity index (χ0) is 15.7. The lowest BCUT2D eigenvalue weighted by atomic mass is 10.2. The summed E-state index contributed by atoms with van der Waals surface area (Å²) in [5, 5.41) is 2.36. The lowest BCUT2D eigenvalue weighted by Gasteiger charge is -2.16. The average Bonchev–Trinajstić information content (AvgIpc) is 3.18. The first-order valence-corrected chi connectivity index (χ1v) is 8.15. The van der Waals surface area contributed by atoms with Gasteiger partial charge in [0.05, 0.1) is 10.8 Å². The standard InChI is InChI=1S/C13H17F3N2O2S/c1-9(8-17-11-5-6-11)21(19,20)18-12-4-2-3-10(7-12)13(14,15)16/h2-4,7,9,11,17-18H,5-6,8H2,1H3. The van der Waals surface area contributed by atoms with Crippen molar-refractivity contribution in [3.8, 4) is 0 Å². The van der Waals surface area contributed by atoms with Crippen LogP contribution in [0.1, 0.15) is 25.3 Å². The first-order valence-electron chi connectivity index (χ1n) is 6.61. The molecule has 1 unspecified atom stereocenters. The van der Waals surface area contributed by atoms with Gasteiger partial charge in [-0.2, -0.15) is 13.2 Å². The van der Waals surface area contributed by atoms with Gasteiger partial charge in [-0.25, -0.2) is 8.42 Å². The minimum Gasteiger partial charge on any atom is -0.313 e. The highest BCUT2D eigenvalue weighted by Crippen LogP contribution is 2.31. The molecule has 0 aliphatic heterocycles. The van der Waals surface area contributed by atoms with Crippen LogP contribution in [-0.4, -0.2) is 26.3 Å². The van der Waals surface area contributed by atoms with Gasteiger partial charge >= 0.3 is 6.18 Å². The van der Waals surface area contributed by atoms with Gasteiger partial charge in [0.25, 0.3) is 0 Å². The van der Waals surface area contributed by atoms with Crippen molar-refractivity contribution in [2.24, 2.45) is 0 Å². The molecule has 0 radical (unpaired) electrons. The van der Waals surface area contributed by atoms with Crippen molar-refractivity contribution in [2.45, 2.75) is 37.2 Å². The number of hydrogen-bond donors (Lipinski definition) is 2. The van der Waals surface area contributed by atoms with Gasteiger partial charge in [-0.15, -0.1) is 0 Å². The monoisotopic (exact) mass is 322 g/mol. The summed E-state index contributed by atoms with van der Waals surface area (Å²) in [6.07, 6.45) is -2.43. The van der Waals surface area contributed by atoms with Crippen molar-refractivity contribution >= 4 is 15.7 Å². The van der Waals surface area contributed by atoms with Gasteiger partial charge in [0.15, 0.2) is 0 Å². The van der Waals surface area contributed by atoms with Crippen LogP contribution in [0.25, 0.3) is 0 Å². The zero-order valence-electron chi connectivity index (χ0n) is 11.4. The van der Waals surface area contributed by atoms with E-state index in [0.717, 1.165) is 25.0 Å². The maximum absolute atomic E-state index is 12.6. The number of rotatable bonds is 6. The zero-order valence-corrected chi connectivity index (χ0v) is 12.3. The summed E-state index contributed by atoms with van der Waals surface area (Å²) in [5.74, 6) is 0. The molecule has 8 heteroatoms. The van der Waals surface area contributed by atoms with E-state index in [9.17, 15) is 21.6 Å². The highest BCUT2D eigenvalue weighted by molar-refractivity contribution is 7.93. The molecule has 2 N–H and O–H groups in total. The molecule has 0 bridgehead atoms. The van der Waals surface area contributed by atoms with E-state index in [0.29, 0.717) is 6.04 Å². The fraction of sp³-hybridized carbons (Fsp3) is 0.538. The summed E-state index contributed by atoms with van der Waals surface area (Å²) >= 11 is 0. The third-order valence-corrected chi connectivity index (χ3v) is 5.00. The van der Waals surface area contributed by atoms with E-state index in [1.165, 1.54) is 19.1 Å². The van der Waals surface area contributed by atoms with Crippen LogP contribution in [0.3, 0.4) is 0 Å². The van der Waals surface area contributed by atoms with Gasteiger partial charge in [0, 0.05) is 18.3 Å². The second-order valence-corrected chi connectivity index (χ2v) is 7.32. The van der Waals surface area contributed by atoms with E-state index < -0.39 is 27.0 Å². The fourth-order valence-electron chi connectivity index (χ4n) is 1.75. The number of benzene rings is 1. The summed E-state index contributed by atoms with van der Waals surface area (Å²) < 4.78 is 64.1. The predicted octanol–water partition coefficient (Wildman–Crippen LogP) is 2.59. The third-order valence-electron chi connectivity index (χ3n) is 3.25. The molecule has 0 aromatic heterocycles. The summed E-state index contributed by atoms with van der Waals surface area (Å²) in [6, 6.07) is 4.53. The predicted molar refractivity (Wildman–Crippen MR) is 74.5 cm³/mol. The van der Waals surface area contributed by atoms with E-state index in [-0.39, 0.29) is 12.2 Å². The molecule has 1 aromatic carbocycles. The van der Waals surface area contributed by atoms with Gasteiger partial charge in [0.1, 0.15) is 0 Å². The Morgan fingerprint density at radius 3 is 2.57 bits per heavy atom. The van der Waals surface area contributed by atoms with Crippen LogP contribution in [0.2, 0.25) is 0 Å². The number of anilines is 1. The highest BCUT2D eigenvalue weighted by Gasteiger charge is 2.31. The molecule has 1 fully saturated rings. The lowest BCUT2D eigenvalue weighted by molar-refractivity contribution is -0.137. The molecule has 0 heterocycles. The average molecular weight is 322 g/mol. The molecular weight excluding hydrogens is 305 g/mol. The van der Waals surface area contributed by atoms with Crippen molar-refractivity contribution in [3.05, 3.63) is 29.8 Å². The first-order chi connectivity index (χ1) is 9.68.